The van der Waals surface area contributed by atoms with E-state index in [4.69, 9.17) is 4.74 Å². The number of amides is 3. The van der Waals surface area contributed by atoms with Gasteiger partial charge in [-0.2, -0.15) is 0 Å². The number of benzene rings is 5. The third-order valence-electron chi connectivity index (χ3n) is 7.41. The lowest BCUT2D eigenvalue weighted by molar-refractivity contribution is -0.116. The van der Waals surface area contributed by atoms with Crippen molar-refractivity contribution >= 4 is 67.9 Å². The third kappa shape index (κ3) is 8.61. The Morgan fingerprint density at radius 2 is 1.55 bits per heavy atom. The predicted molar refractivity (Wildman–Crippen MR) is 198 cm³/mol. The minimum absolute atomic E-state index is 0.0615. The smallest absolute Gasteiger partial charge is 0.272 e. The van der Waals surface area contributed by atoms with E-state index in [1.807, 2.05) is 73.7 Å². The van der Waals surface area contributed by atoms with Gasteiger partial charge in [0.2, 0.25) is 5.91 Å². The lowest BCUT2D eigenvalue weighted by Gasteiger charge is -2.17. The Bertz CT molecular complexity index is 2130. The Morgan fingerprint density at radius 3 is 2.29 bits per heavy atom. The number of carbonyl (C=O) groups is 3. The van der Waals surface area contributed by atoms with Crippen LogP contribution >= 0.6 is 23.1 Å². The van der Waals surface area contributed by atoms with Crippen molar-refractivity contribution in [3.8, 4) is 5.75 Å². The van der Waals surface area contributed by atoms with Crippen LogP contribution in [-0.2, 0) is 9.59 Å². The lowest BCUT2D eigenvalue weighted by atomic mass is 10.1. The second-order valence-electron chi connectivity index (χ2n) is 11.0. The first kappa shape index (κ1) is 33.2. The molecule has 0 bridgehead atoms. The number of hydrogen-bond donors (Lipinski definition) is 3. The van der Waals surface area contributed by atoms with Crippen LogP contribution in [0, 0.1) is 6.92 Å². The van der Waals surface area contributed by atoms with Crippen LogP contribution in [0.1, 0.15) is 32.3 Å². The van der Waals surface area contributed by atoms with Gasteiger partial charge in [0, 0.05) is 16.1 Å². The van der Waals surface area contributed by atoms with E-state index in [1.165, 1.54) is 23.1 Å². The number of nitrogens with zero attached hydrogens (tertiary/aromatic N) is 1. The molecule has 0 saturated heterocycles. The number of methoxy groups -OCH3 is 1. The first-order valence-electron chi connectivity index (χ1n) is 15.4. The van der Waals surface area contributed by atoms with Gasteiger partial charge in [-0.05, 0) is 90.4 Å². The molecule has 0 fully saturated rings. The molecule has 0 radical (unpaired) electrons. The van der Waals surface area contributed by atoms with Crippen LogP contribution in [0.4, 0.5) is 10.8 Å². The number of rotatable bonds is 11. The van der Waals surface area contributed by atoms with Crippen molar-refractivity contribution in [3.05, 3.63) is 155 Å². The second kappa shape index (κ2) is 15.5. The molecule has 5 aromatic carbocycles. The average molecular weight is 685 g/mol. The molecule has 0 aliphatic carbocycles. The lowest BCUT2D eigenvalue weighted by Crippen LogP contribution is -2.30. The third-order valence-corrected chi connectivity index (χ3v) is 9.61. The van der Waals surface area contributed by atoms with Gasteiger partial charge in [-0.15, -0.1) is 11.8 Å². The summed E-state index contributed by atoms with van der Waals surface area (Å²) in [6, 6.07) is 38.7. The maximum absolute atomic E-state index is 13.7. The molecule has 1 heterocycles. The van der Waals surface area contributed by atoms with Crippen molar-refractivity contribution in [2.45, 2.75) is 17.1 Å². The number of thiazole rings is 1. The monoisotopic (exact) mass is 684 g/mol. The average Bonchev–Trinajstić information content (AvgIpc) is 3.52. The topological polar surface area (TPSA) is 109 Å². The second-order valence-corrected chi connectivity index (χ2v) is 13.2. The largest absolute Gasteiger partial charge is 0.497 e. The molecule has 6 aromatic rings. The van der Waals surface area contributed by atoms with E-state index in [-0.39, 0.29) is 11.6 Å². The van der Waals surface area contributed by atoms with Crippen molar-refractivity contribution in [2.24, 2.45) is 0 Å². The highest BCUT2D eigenvalue weighted by Crippen LogP contribution is 2.37. The van der Waals surface area contributed by atoms with Gasteiger partial charge in [-0.1, -0.05) is 78.1 Å². The summed E-state index contributed by atoms with van der Waals surface area (Å²) in [6.07, 6.45) is 1.60. The number of aromatic nitrogens is 1. The van der Waals surface area contributed by atoms with Crippen LogP contribution in [0.25, 0.3) is 16.3 Å². The van der Waals surface area contributed by atoms with Gasteiger partial charge >= 0.3 is 0 Å². The molecule has 244 valence electrons. The highest BCUT2D eigenvalue weighted by molar-refractivity contribution is 8.00. The molecule has 3 N–H and O–H groups in total. The maximum Gasteiger partial charge on any atom is 0.272 e. The van der Waals surface area contributed by atoms with Gasteiger partial charge in [0.1, 0.15) is 16.7 Å². The van der Waals surface area contributed by atoms with E-state index in [2.05, 4.69) is 27.0 Å². The van der Waals surface area contributed by atoms with Crippen LogP contribution < -0.4 is 20.7 Å². The number of hydrogen-bond acceptors (Lipinski definition) is 7. The zero-order valence-electron chi connectivity index (χ0n) is 26.7. The number of ether oxygens (including phenoxy) is 1. The number of carbonyl (C=O) groups excluding carboxylic acids is 3. The van der Waals surface area contributed by atoms with Crippen molar-refractivity contribution in [3.63, 3.8) is 0 Å². The van der Waals surface area contributed by atoms with E-state index < -0.39 is 17.1 Å². The van der Waals surface area contributed by atoms with Crippen LogP contribution in [-0.4, -0.2) is 29.8 Å². The summed E-state index contributed by atoms with van der Waals surface area (Å²) in [6.45, 7) is 2.03. The summed E-state index contributed by atoms with van der Waals surface area (Å²) in [7, 11) is 1.56. The minimum atomic E-state index is -0.555. The summed E-state index contributed by atoms with van der Waals surface area (Å²) >= 11 is 2.84. The maximum atomic E-state index is 13.7. The molecule has 1 unspecified atom stereocenters. The SMILES string of the molecule is COc1cccc(/C=C(\NC(=O)c2ccccc2)C(=O)Nc2ccc(SC(C(=O)Nc3nc4ccc(C)cc4s3)c3ccccc3)cc2)c1. The highest BCUT2D eigenvalue weighted by Gasteiger charge is 2.24. The van der Waals surface area contributed by atoms with Crippen molar-refractivity contribution in [2.75, 3.05) is 17.7 Å². The summed E-state index contributed by atoms with van der Waals surface area (Å²) in [5.74, 6) is -0.484. The van der Waals surface area contributed by atoms with Gasteiger partial charge in [-0.25, -0.2) is 4.98 Å². The number of fused-ring (bicyclic) bond motifs is 1. The predicted octanol–water partition coefficient (Wildman–Crippen LogP) is 8.50. The first-order valence-corrected chi connectivity index (χ1v) is 17.1. The van der Waals surface area contributed by atoms with E-state index in [0.717, 1.165) is 26.2 Å². The van der Waals surface area contributed by atoms with Gasteiger partial charge in [0.25, 0.3) is 11.8 Å². The van der Waals surface area contributed by atoms with Crippen LogP contribution in [0.15, 0.2) is 138 Å². The molecular weight excluding hydrogens is 653 g/mol. The molecule has 1 atom stereocenters. The fourth-order valence-electron chi connectivity index (χ4n) is 4.95. The van der Waals surface area contributed by atoms with Gasteiger partial charge in [0.15, 0.2) is 5.13 Å². The number of thioether (sulfide) groups is 1. The van der Waals surface area contributed by atoms with Crippen LogP contribution in [0.5, 0.6) is 5.75 Å². The van der Waals surface area contributed by atoms with Crippen molar-refractivity contribution < 1.29 is 19.1 Å². The van der Waals surface area contributed by atoms with Gasteiger partial charge in [-0.3, -0.25) is 14.4 Å². The number of nitrogens with one attached hydrogen (secondary N) is 3. The first-order chi connectivity index (χ1) is 23.8. The fraction of sp³-hybridized carbons (Fsp3) is 0.0769. The molecule has 6 rings (SSSR count). The number of anilines is 2. The summed E-state index contributed by atoms with van der Waals surface area (Å²) in [4.78, 5) is 45.7. The quantitative estimate of drug-likeness (QED) is 0.0933. The van der Waals surface area contributed by atoms with E-state index in [1.54, 1.807) is 67.8 Å². The van der Waals surface area contributed by atoms with Gasteiger partial charge in [0.05, 0.1) is 17.3 Å². The molecule has 1 aromatic heterocycles. The van der Waals surface area contributed by atoms with Gasteiger partial charge < -0.3 is 20.7 Å². The molecule has 8 nitrogen and oxygen atoms in total. The van der Waals surface area contributed by atoms with Crippen LogP contribution in [0.3, 0.4) is 0 Å². The summed E-state index contributed by atoms with van der Waals surface area (Å²) < 4.78 is 6.34. The molecule has 0 spiro atoms. The molecule has 0 saturated carbocycles. The van der Waals surface area contributed by atoms with Crippen LogP contribution in [0.2, 0.25) is 0 Å². The minimum Gasteiger partial charge on any atom is -0.497 e. The molecule has 0 aliphatic heterocycles. The molecule has 49 heavy (non-hydrogen) atoms. The highest BCUT2D eigenvalue weighted by atomic mass is 32.2. The normalized spacial score (nSPS) is 11.8. The van der Waals surface area contributed by atoms with E-state index >= 15 is 0 Å². The zero-order valence-corrected chi connectivity index (χ0v) is 28.3. The molecular formula is C39H32N4O4S2. The van der Waals surface area contributed by atoms with Crippen molar-refractivity contribution in [1.29, 1.82) is 0 Å². The Kier molecular flexibility index (Phi) is 10.5. The Balaban J connectivity index is 1.19. The van der Waals surface area contributed by atoms with E-state index in [9.17, 15) is 14.4 Å². The van der Waals surface area contributed by atoms with E-state index in [0.29, 0.717) is 27.7 Å². The Hall–Kier alpha value is -5.71. The standard InChI is InChI=1S/C39H32N4O4S2/c1-25-16-21-32-34(22-25)49-39(42-32)43-38(46)35(27-11-5-3-6-12-27)48-31-19-17-29(18-20-31)40-37(45)33(24-26-10-9-15-30(23-26)47-2)41-36(44)28-13-7-4-8-14-28/h3-24,35H,1-2H3,(H,40,45)(H,41,44)(H,42,43,46)/b33-24-. The Morgan fingerprint density at radius 1 is 0.816 bits per heavy atom. The summed E-state index contributed by atoms with van der Waals surface area (Å²) in [5, 5.41) is 8.64. The van der Waals surface area contributed by atoms with Crippen molar-refractivity contribution in [1.82, 2.24) is 10.3 Å². The molecule has 10 heteroatoms. The zero-order chi connectivity index (χ0) is 34.2. The molecule has 0 aliphatic rings. The molecule has 3 amide bonds. The fourth-order valence-corrected chi connectivity index (χ4v) is 6.94. The Labute approximate surface area is 292 Å². The number of aryl methyl sites for hydroxylation is 1. The summed E-state index contributed by atoms with van der Waals surface area (Å²) in [5.41, 5.74) is 4.50.